The number of carbonyl (C=O) groups excluding carboxylic acids is 2. The van der Waals surface area contributed by atoms with Gasteiger partial charge in [0.15, 0.2) is 11.7 Å². The highest BCUT2D eigenvalue weighted by molar-refractivity contribution is 5.98. The number of hydrogen-bond acceptors (Lipinski definition) is 12. The van der Waals surface area contributed by atoms with Gasteiger partial charge in [0.2, 0.25) is 5.91 Å². The SMILES string of the molecule is C=C1/C=C/C=C2\[C@H]3[C@H](CCC[C@@H]2OCC#CC/C(C)=C/C[C@H]1NCC1CCCCC1)C[C@@]1([C@@H]2CC[C@@H](O)Cc4cccc(c4)C[C@H]([C@H](CN=C(N)N)c4ccc(O)cc4)[C@@H](O)CN[C@H]4C(=O)N[C@@H](N)c5cccc(c54)CC(=O)/C(C)=C/2CC[C@@]1(C)O)[C@@H]3O. The van der Waals surface area contributed by atoms with E-state index < -0.39 is 65.2 Å². The molecule has 3 aromatic carbocycles. The molecule has 3 heterocycles. The number of nitrogens with two attached hydrogens (primary N) is 3. The fraction of sp³-hybridized carbons (Fsp3) is 0.548. The molecule has 14 atom stereocenters. The van der Waals surface area contributed by atoms with Gasteiger partial charge < -0.3 is 58.1 Å². The molecule has 3 aromatic rings. The molecule has 2 bridgehead atoms. The van der Waals surface area contributed by atoms with Crippen molar-refractivity contribution in [2.45, 2.75) is 191 Å². The Kier molecular flexibility index (Phi) is 21.2. The molecule has 7 aliphatic rings. The Morgan fingerprint density at radius 1 is 0.932 bits per heavy atom. The zero-order valence-corrected chi connectivity index (χ0v) is 52.1. The van der Waals surface area contributed by atoms with Crippen LogP contribution in [0.2, 0.25) is 0 Å². The first-order chi connectivity index (χ1) is 42.3. The van der Waals surface area contributed by atoms with Crippen molar-refractivity contribution < 1.29 is 39.9 Å². The number of nitrogens with one attached hydrogen (secondary N) is 3. The van der Waals surface area contributed by atoms with Crippen molar-refractivity contribution in [3.05, 3.63) is 159 Å². The van der Waals surface area contributed by atoms with Crippen LogP contribution in [0.4, 0.5) is 0 Å². The number of fused-ring (bicyclic) bond motifs is 7. The third-order valence-corrected chi connectivity index (χ3v) is 21.4. The number of Topliss-reactive ketones (excluding diaryl/α,β-unsaturated/α-hetero) is 1. The van der Waals surface area contributed by atoms with E-state index in [1.54, 1.807) is 24.3 Å². The first kappa shape index (κ1) is 64.8. The largest absolute Gasteiger partial charge is 0.508 e. The van der Waals surface area contributed by atoms with Crippen molar-refractivity contribution in [3.63, 3.8) is 0 Å². The van der Waals surface area contributed by atoms with E-state index in [9.17, 15) is 30.3 Å². The molecule has 15 heteroatoms. The molecule has 0 radical (unpaired) electrons. The number of guanidine groups is 1. The molecule has 88 heavy (non-hydrogen) atoms. The van der Waals surface area contributed by atoms with Gasteiger partial charge in [-0.15, -0.1) is 0 Å². The van der Waals surface area contributed by atoms with Crippen molar-refractivity contribution in [3.8, 4) is 17.6 Å². The molecule has 1 spiro atoms. The van der Waals surface area contributed by atoms with Crippen molar-refractivity contribution in [2.24, 2.45) is 57.2 Å². The lowest BCUT2D eigenvalue weighted by molar-refractivity contribution is -0.169. The number of aliphatic hydroxyl groups excluding tert-OH is 3. The maximum absolute atomic E-state index is 15.4. The fourth-order valence-electron chi connectivity index (χ4n) is 16.6. The number of benzene rings is 3. The number of aliphatic imine (C=N–C) groups is 1. The van der Waals surface area contributed by atoms with Crippen LogP contribution in [0.1, 0.15) is 169 Å². The summed E-state index contributed by atoms with van der Waals surface area (Å²) < 4.78 is 6.78. The number of carbonyl (C=O) groups is 2. The highest BCUT2D eigenvalue weighted by Crippen LogP contribution is 2.66. The van der Waals surface area contributed by atoms with Crippen LogP contribution in [0.5, 0.6) is 5.75 Å². The van der Waals surface area contributed by atoms with Gasteiger partial charge in [-0.3, -0.25) is 19.9 Å². The molecule has 472 valence electrons. The Morgan fingerprint density at radius 3 is 2.47 bits per heavy atom. The second-order valence-electron chi connectivity index (χ2n) is 27.1. The predicted octanol–water partition coefficient (Wildman–Crippen LogP) is 8.55. The zero-order valence-electron chi connectivity index (χ0n) is 52.1. The Morgan fingerprint density at radius 2 is 1.69 bits per heavy atom. The van der Waals surface area contributed by atoms with Gasteiger partial charge in [0.25, 0.3) is 0 Å². The molecular weight excluding hydrogens is 1100 g/mol. The highest BCUT2D eigenvalue weighted by atomic mass is 16.5. The van der Waals surface area contributed by atoms with E-state index in [0.717, 1.165) is 65.6 Å². The summed E-state index contributed by atoms with van der Waals surface area (Å²) in [6.07, 6.45) is 17.2. The first-order valence-corrected chi connectivity index (χ1v) is 32.7. The summed E-state index contributed by atoms with van der Waals surface area (Å²) in [4.78, 5) is 34.2. The van der Waals surface area contributed by atoms with Crippen molar-refractivity contribution in [1.82, 2.24) is 16.0 Å². The third kappa shape index (κ3) is 14.5. The van der Waals surface area contributed by atoms with Crippen LogP contribution in [0, 0.1) is 46.8 Å². The maximum Gasteiger partial charge on any atom is 0.243 e. The summed E-state index contributed by atoms with van der Waals surface area (Å²) in [6, 6.07) is 19.4. The number of ether oxygens (including phenoxy) is 1. The van der Waals surface area contributed by atoms with Gasteiger partial charge in [-0.25, -0.2) is 0 Å². The Hall–Kier alpha value is -6.19. The number of rotatable bonds is 7. The Balaban J connectivity index is 1.04. The van der Waals surface area contributed by atoms with Crippen molar-refractivity contribution in [2.75, 3.05) is 26.2 Å². The van der Waals surface area contributed by atoms with E-state index in [4.69, 9.17) is 21.9 Å². The number of allylic oxidation sites excluding steroid dienone is 5. The number of β-amino-alcohol motifs (C(OH)–C–C–N with tert-alkyl or cyclic N) is 1. The van der Waals surface area contributed by atoms with Crippen LogP contribution >= 0.6 is 0 Å². The number of aliphatic hydroxyl groups is 4. The van der Waals surface area contributed by atoms with Gasteiger partial charge in [-0.1, -0.05) is 134 Å². The average Bonchev–Trinajstić information content (AvgIpc) is 1.54. The number of phenols is 1. The van der Waals surface area contributed by atoms with E-state index in [1.165, 1.54) is 37.7 Å². The second kappa shape index (κ2) is 28.7. The number of aromatic hydroxyl groups is 1. The lowest BCUT2D eigenvalue weighted by atomic mass is 9.52. The van der Waals surface area contributed by atoms with Gasteiger partial charge >= 0.3 is 0 Å². The van der Waals surface area contributed by atoms with E-state index in [2.05, 4.69) is 76.7 Å². The second-order valence-corrected chi connectivity index (χ2v) is 27.1. The number of hydrogen-bond donors (Lipinski definition) is 11. The molecule has 1 amide bonds. The molecule has 3 aliphatic heterocycles. The topological polar surface area (TPSA) is 271 Å². The molecule has 0 unspecified atom stereocenters. The van der Waals surface area contributed by atoms with E-state index >= 15 is 4.79 Å². The smallest absolute Gasteiger partial charge is 0.243 e. The van der Waals surface area contributed by atoms with Gasteiger partial charge in [0, 0.05) is 49.2 Å². The minimum atomic E-state index is -1.38. The summed E-state index contributed by atoms with van der Waals surface area (Å²) in [5.74, 6) is 4.80. The van der Waals surface area contributed by atoms with Crippen LogP contribution in [0.15, 0.2) is 130 Å². The summed E-state index contributed by atoms with van der Waals surface area (Å²) in [5, 5.41) is 72.6. The quantitative estimate of drug-likeness (QED) is 0.0459. The number of nitrogens with zero attached hydrogens (tertiary/aromatic N) is 1. The minimum absolute atomic E-state index is 0.0296. The van der Waals surface area contributed by atoms with Crippen molar-refractivity contribution >= 4 is 17.6 Å². The molecule has 15 nitrogen and oxygen atoms in total. The van der Waals surface area contributed by atoms with E-state index in [-0.39, 0.29) is 67.6 Å². The van der Waals surface area contributed by atoms with Gasteiger partial charge in [-0.05, 0) is 190 Å². The zero-order chi connectivity index (χ0) is 62.3. The highest BCUT2D eigenvalue weighted by Gasteiger charge is 2.67. The summed E-state index contributed by atoms with van der Waals surface area (Å²) in [5.41, 5.74) is 25.1. The molecule has 4 saturated carbocycles. The van der Waals surface area contributed by atoms with Crippen molar-refractivity contribution in [1.29, 1.82) is 0 Å². The molecule has 10 rings (SSSR count). The minimum Gasteiger partial charge on any atom is -0.508 e. The van der Waals surface area contributed by atoms with Crippen LogP contribution in [0.25, 0.3) is 0 Å². The van der Waals surface area contributed by atoms with Crippen LogP contribution < -0.4 is 33.2 Å². The molecule has 0 saturated heterocycles. The van der Waals surface area contributed by atoms with Crippen LogP contribution in [0.3, 0.4) is 0 Å². The van der Waals surface area contributed by atoms with Crippen LogP contribution in [-0.2, 0) is 33.6 Å². The third-order valence-electron chi connectivity index (χ3n) is 21.4. The van der Waals surface area contributed by atoms with Crippen LogP contribution in [-0.4, -0.2) is 105 Å². The number of amides is 1. The van der Waals surface area contributed by atoms with Gasteiger partial charge in [0.1, 0.15) is 24.6 Å². The molecule has 4 aliphatic carbocycles. The predicted molar refractivity (Wildman–Crippen MR) is 346 cm³/mol. The average molecular weight is 1200 g/mol. The molecule has 0 aromatic heterocycles. The maximum atomic E-state index is 15.4. The first-order valence-electron chi connectivity index (χ1n) is 32.7. The normalized spacial score (nSPS) is 35.0. The summed E-state index contributed by atoms with van der Waals surface area (Å²) >= 11 is 0. The lowest BCUT2D eigenvalue weighted by Crippen LogP contribution is -2.59. The summed E-state index contributed by atoms with van der Waals surface area (Å²) in [6.45, 7) is 11.8. The molecule has 4 fully saturated rings. The summed E-state index contributed by atoms with van der Waals surface area (Å²) in [7, 11) is 0. The number of phenolic OH excluding ortho intramolecular Hbond substituents is 1. The fourth-order valence-corrected chi connectivity index (χ4v) is 16.6. The molecular formula is C73H97N7O8. The van der Waals surface area contributed by atoms with Gasteiger partial charge in [-0.2, -0.15) is 0 Å². The number of ketones is 1. The van der Waals surface area contributed by atoms with Gasteiger partial charge in [0.05, 0.1) is 30.0 Å². The Labute approximate surface area is 521 Å². The van der Waals surface area contributed by atoms with E-state index in [0.29, 0.717) is 79.5 Å². The van der Waals surface area contributed by atoms with E-state index in [1.807, 2.05) is 50.2 Å². The molecule has 14 N–H and O–H groups in total. The standard InChI is InChI=1S/C73H97N7O8/c1-44-14-8-9-35-88-64-24-13-21-52-40-73(68(85)66(52)56(64)22-10-15-45(2)61(32-25-44)77-41-47-16-6-5-7-17-47)60-31-30-54(82)37-48-18-11-19-49(36-48)38-58(59(42-79-71(75)76)50-26-28-53(81)29-27-50)63(84)43-78-67-65-51(20-12-23-57(65)69(74)80-70(67)86)39-62(83)46(3)55(60)33-34-72(73,4)87/h10-12,15,18-20,22-23,25-29,36,47,52,54,58-61,63-64,66-69,77-78,81-82,84-85,87H,2,5-7,13-14,16-17,21,24,30-35,37-43,74H2,1,3-4H3,(H,80,86)(H4,75,76,79)/b15-10+,44-25+,55-46+,56-22-/t52-,54-,58-,59-,60-,61-,63+,64+,66-,67-,68-,69-,72-,73-/m1/s1. The Bertz CT molecular complexity index is 3220. The lowest BCUT2D eigenvalue weighted by Gasteiger charge is -2.56. The monoisotopic (exact) mass is 1200 g/mol.